The van der Waals surface area contributed by atoms with Gasteiger partial charge in [-0.15, -0.1) is 0 Å². The highest BCUT2D eigenvalue weighted by Gasteiger charge is 2.70. The second kappa shape index (κ2) is 7.62. The van der Waals surface area contributed by atoms with E-state index in [2.05, 4.69) is 73.4 Å². The standard InChI is InChI=1S/C26H31N4.HI/c1-3-18-17-30(2)14-13-26-22-11-7-8-12-23(22)28-25(26)21(20(18)15-24(26)30)16-27-29-19-9-5-4-6-10-19;/h3-12,16,20-21,24-25,28-29H,13-15,17H2,1-2H3;1H/q+1;/p-1/b18-3+,27-16+;. The quantitative estimate of drug-likeness (QED) is 0.210. The molecule has 2 saturated heterocycles. The van der Waals surface area contributed by atoms with Crippen LogP contribution < -0.4 is 34.7 Å². The fraction of sp³-hybridized carbons (Fsp3) is 0.423. The van der Waals surface area contributed by atoms with Crippen LogP contribution in [0.4, 0.5) is 11.4 Å². The van der Waals surface area contributed by atoms with E-state index in [1.54, 1.807) is 11.1 Å². The van der Waals surface area contributed by atoms with Crippen molar-refractivity contribution in [1.29, 1.82) is 0 Å². The first-order chi connectivity index (χ1) is 14.7. The number of para-hydroxylation sites is 2. The lowest BCUT2D eigenvalue weighted by Gasteiger charge is -2.56. The van der Waals surface area contributed by atoms with Crippen LogP contribution in [0.15, 0.2) is 71.3 Å². The summed E-state index contributed by atoms with van der Waals surface area (Å²) in [4.78, 5) is 0. The van der Waals surface area contributed by atoms with Gasteiger partial charge in [-0.1, -0.05) is 42.5 Å². The number of hydrogen-bond acceptors (Lipinski definition) is 3. The van der Waals surface area contributed by atoms with E-state index >= 15 is 0 Å². The van der Waals surface area contributed by atoms with E-state index in [9.17, 15) is 0 Å². The first-order valence-electron chi connectivity index (χ1n) is 11.4. The second-order valence-corrected chi connectivity index (χ2v) is 9.87. The van der Waals surface area contributed by atoms with Crippen molar-refractivity contribution < 1.29 is 28.5 Å². The highest BCUT2D eigenvalue weighted by Crippen LogP contribution is 2.62. The number of allylic oxidation sites excluding steroid dienone is 1. The van der Waals surface area contributed by atoms with Crippen LogP contribution >= 0.6 is 0 Å². The molecule has 1 spiro atoms. The number of anilines is 2. The maximum atomic E-state index is 4.75. The van der Waals surface area contributed by atoms with E-state index in [0.29, 0.717) is 23.9 Å². The molecule has 1 aliphatic carbocycles. The van der Waals surface area contributed by atoms with E-state index < -0.39 is 0 Å². The number of benzene rings is 2. The molecular weight excluding hydrogens is 495 g/mol. The van der Waals surface area contributed by atoms with Gasteiger partial charge in [-0.2, -0.15) is 5.10 Å². The van der Waals surface area contributed by atoms with Gasteiger partial charge in [0.25, 0.3) is 0 Å². The Morgan fingerprint density at radius 2 is 1.90 bits per heavy atom. The zero-order chi connectivity index (χ0) is 20.3. The average molecular weight is 526 g/mol. The van der Waals surface area contributed by atoms with Gasteiger partial charge in [0, 0.05) is 36.6 Å². The van der Waals surface area contributed by atoms with Gasteiger partial charge in [0.1, 0.15) is 12.6 Å². The minimum atomic E-state index is 0. The van der Waals surface area contributed by atoms with Crippen molar-refractivity contribution in [3.63, 3.8) is 0 Å². The molecule has 6 unspecified atom stereocenters. The summed E-state index contributed by atoms with van der Waals surface area (Å²) in [7, 11) is 2.50. The maximum absolute atomic E-state index is 4.75. The van der Waals surface area contributed by atoms with E-state index in [0.717, 1.165) is 5.69 Å². The van der Waals surface area contributed by atoms with Crippen molar-refractivity contribution in [2.45, 2.75) is 37.3 Å². The Morgan fingerprint density at radius 3 is 2.71 bits per heavy atom. The molecule has 6 atom stereocenters. The number of halogens is 1. The van der Waals surface area contributed by atoms with E-state index in [1.807, 2.05) is 18.2 Å². The average Bonchev–Trinajstić information content (AvgIpc) is 3.29. The van der Waals surface area contributed by atoms with Crippen LogP contribution in [0.2, 0.25) is 0 Å². The van der Waals surface area contributed by atoms with Gasteiger partial charge in [-0.05, 0) is 36.3 Å². The first-order valence-corrected chi connectivity index (χ1v) is 11.4. The molecule has 2 aromatic rings. The topological polar surface area (TPSA) is 36.4 Å². The Kier molecular flexibility index (Phi) is 5.17. The second-order valence-electron chi connectivity index (χ2n) is 9.87. The molecule has 6 rings (SSSR count). The number of quaternary nitrogens is 1. The van der Waals surface area contributed by atoms with Gasteiger partial charge in [-0.3, -0.25) is 5.43 Å². The Hall–Kier alpha value is -1.86. The molecule has 1 saturated carbocycles. The van der Waals surface area contributed by atoms with Crippen molar-refractivity contribution in [1.82, 2.24) is 0 Å². The third-order valence-corrected chi connectivity index (χ3v) is 8.61. The summed E-state index contributed by atoms with van der Waals surface area (Å²) < 4.78 is 1.20. The molecule has 0 amide bonds. The number of fused-ring (bicyclic) bond motifs is 2. The molecule has 5 heteroatoms. The minimum Gasteiger partial charge on any atom is -1.00 e. The number of likely N-dealkylation sites (N-methyl/N-ethyl adjacent to an activating group) is 1. The summed E-state index contributed by atoms with van der Waals surface area (Å²) in [6.45, 7) is 4.69. The van der Waals surface area contributed by atoms with Crippen LogP contribution in [0.25, 0.3) is 0 Å². The van der Waals surface area contributed by atoms with Crippen LogP contribution in [-0.4, -0.2) is 42.9 Å². The summed E-state index contributed by atoms with van der Waals surface area (Å²) in [5.74, 6) is 0.966. The SMILES string of the molecule is C/C=C1\C[N+]2(C)CCC34c5ccccc5NC3C(/C=N/Nc3ccccc3)C1CC42.[I-]. The van der Waals surface area contributed by atoms with Crippen LogP contribution in [0.5, 0.6) is 0 Å². The molecular formula is C26H31IN4. The fourth-order valence-electron chi connectivity index (χ4n) is 7.34. The zero-order valence-corrected chi connectivity index (χ0v) is 20.4. The summed E-state index contributed by atoms with van der Waals surface area (Å²) in [5, 5.41) is 8.74. The number of hydrogen-bond donors (Lipinski definition) is 2. The Labute approximate surface area is 202 Å². The van der Waals surface area contributed by atoms with Crippen LogP contribution in [0.3, 0.4) is 0 Å². The normalized spacial score (nSPS) is 38.3. The molecule has 0 aromatic heterocycles. The van der Waals surface area contributed by atoms with E-state index in [4.69, 9.17) is 5.10 Å². The molecule has 2 aromatic carbocycles. The highest BCUT2D eigenvalue weighted by molar-refractivity contribution is 5.72. The highest BCUT2D eigenvalue weighted by atomic mass is 127. The van der Waals surface area contributed by atoms with Gasteiger partial charge < -0.3 is 33.8 Å². The van der Waals surface area contributed by atoms with E-state index in [-0.39, 0.29) is 29.4 Å². The molecule has 0 radical (unpaired) electrons. The molecule has 3 heterocycles. The van der Waals surface area contributed by atoms with Gasteiger partial charge in [0.2, 0.25) is 0 Å². The number of nitrogens with one attached hydrogen (secondary N) is 2. The van der Waals surface area contributed by atoms with Crippen LogP contribution in [0.1, 0.15) is 25.3 Å². The van der Waals surface area contributed by atoms with Gasteiger partial charge in [-0.25, -0.2) is 0 Å². The van der Waals surface area contributed by atoms with Gasteiger partial charge >= 0.3 is 0 Å². The molecule has 4 nitrogen and oxygen atoms in total. The molecule has 31 heavy (non-hydrogen) atoms. The van der Waals surface area contributed by atoms with Crippen LogP contribution in [0, 0.1) is 11.8 Å². The lowest BCUT2D eigenvalue weighted by molar-refractivity contribution is -0.924. The first kappa shape index (κ1) is 21.0. The molecule has 3 fully saturated rings. The van der Waals surface area contributed by atoms with E-state index in [1.165, 1.54) is 36.1 Å². The van der Waals surface area contributed by atoms with Crippen LogP contribution in [-0.2, 0) is 5.41 Å². The van der Waals surface area contributed by atoms with Crippen molar-refractivity contribution in [2.24, 2.45) is 16.9 Å². The largest absolute Gasteiger partial charge is 1.00 e. The summed E-state index contributed by atoms with van der Waals surface area (Å²) in [6, 6.07) is 20.4. The van der Waals surface area contributed by atoms with Crippen molar-refractivity contribution in [3.05, 3.63) is 71.8 Å². The smallest absolute Gasteiger partial charge is 0.102 e. The molecule has 3 aliphatic heterocycles. The van der Waals surface area contributed by atoms with Gasteiger partial charge in [0.15, 0.2) is 0 Å². The monoisotopic (exact) mass is 526 g/mol. The summed E-state index contributed by atoms with van der Waals surface area (Å²) in [6.07, 6.45) is 7.15. The van der Waals surface area contributed by atoms with Gasteiger partial charge in [0.05, 0.1) is 30.7 Å². The maximum Gasteiger partial charge on any atom is 0.102 e. The number of rotatable bonds is 3. The summed E-state index contributed by atoms with van der Waals surface area (Å²) >= 11 is 0. The zero-order valence-electron chi connectivity index (χ0n) is 18.3. The number of piperidine rings is 1. The summed E-state index contributed by atoms with van der Waals surface area (Å²) in [5.41, 5.74) is 9.06. The number of nitrogens with zero attached hydrogens (tertiary/aromatic N) is 2. The lowest BCUT2D eigenvalue weighted by Crippen LogP contribution is -3.00. The van der Waals surface area contributed by atoms with Crippen molar-refractivity contribution in [3.8, 4) is 0 Å². The molecule has 4 aliphatic rings. The fourth-order valence-corrected chi connectivity index (χ4v) is 7.34. The predicted octanol–water partition coefficient (Wildman–Crippen LogP) is 1.64. The Bertz CT molecular complexity index is 1030. The molecule has 2 bridgehead atoms. The minimum absolute atomic E-state index is 0. The van der Waals surface area contributed by atoms with Crippen molar-refractivity contribution >= 4 is 17.6 Å². The third kappa shape index (κ3) is 2.92. The lowest BCUT2D eigenvalue weighted by atomic mass is 9.55. The molecule has 2 N–H and O–H groups in total. The Morgan fingerprint density at radius 1 is 1.13 bits per heavy atom. The molecule has 162 valence electrons. The predicted molar refractivity (Wildman–Crippen MR) is 124 cm³/mol. The third-order valence-electron chi connectivity index (χ3n) is 8.61. The van der Waals surface area contributed by atoms with Crippen molar-refractivity contribution in [2.75, 3.05) is 30.9 Å². The number of hydrazone groups is 1. The Balaban J connectivity index is 0.00000204.